The maximum Gasteiger partial charge on any atom is 0.256 e. The van der Waals surface area contributed by atoms with Crippen LogP contribution in [-0.2, 0) is 5.54 Å². The quantitative estimate of drug-likeness (QED) is 0.554. The highest BCUT2D eigenvalue weighted by Crippen LogP contribution is 2.41. The number of carbonyl (C=O) groups excluding carboxylic acids is 2. The molecule has 0 unspecified atom stereocenters. The molecule has 30 heavy (non-hydrogen) atoms. The van der Waals surface area contributed by atoms with E-state index < -0.39 is 5.54 Å². The van der Waals surface area contributed by atoms with Crippen LogP contribution in [0.4, 0.5) is 5.82 Å². The van der Waals surface area contributed by atoms with Gasteiger partial charge in [0.05, 0.1) is 5.54 Å². The van der Waals surface area contributed by atoms with Crippen molar-refractivity contribution in [3.63, 3.8) is 0 Å². The van der Waals surface area contributed by atoms with Gasteiger partial charge < -0.3 is 10.6 Å². The fourth-order valence-electron chi connectivity index (χ4n) is 3.48. The summed E-state index contributed by atoms with van der Waals surface area (Å²) in [7, 11) is 0. The van der Waals surface area contributed by atoms with Crippen LogP contribution in [0.1, 0.15) is 45.5 Å². The molecule has 3 aromatic rings. The molecule has 0 atom stereocenters. The van der Waals surface area contributed by atoms with Gasteiger partial charge in [-0.3, -0.25) is 9.59 Å². The molecule has 0 saturated heterocycles. The normalized spacial score (nSPS) is 14.5. The molecule has 1 aliphatic rings. The van der Waals surface area contributed by atoms with Crippen LogP contribution >= 0.6 is 23.2 Å². The van der Waals surface area contributed by atoms with Crippen molar-refractivity contribution in [2.24, 2.45) is 0 Å². The number of nitrogens with zero attached hydrogens (tertiary/aromatic N) is 1. The zero-order valence-corrected chi connectivity index (χ0v) is 17.5. The van der Waals surface area contributed by atoms with Gasteiger partial charge in [-0.2, -0.15) is 0 Å². The Morgan fingerprint density at radius 3 is 2.23 bits per heavy atom. The average molecular weight is 440 g/mol. The van der Waals surface area contributed by atoms with E-state index in [4.69, 9.17) is 23.2 Å². The Morgan fingerprint density at radius 1 is 0.867 bits per heavy atom. The van der Waals surface area contributed by atoms with Gasteiger partial charge in [-0.05, 0) is 73.4 Å². The third-order valence-corrected chi connectivity index (χ3v) is 5.80. The molecule has 7 heteroatoms. The summed E-state index contributed by atoms with van der Waals surface area (Å²) in [6.45, 7) is 0. The molecule has 2 aromatic carbocycles. The van der Waals surface area contributed by atoms with Crippen molar-refractivity contribution in [3.8, 4) is 0 Å². The van der Waals surface area contributed by atoms with Gasteiger partial charge in [0.2, 0.25) is 0 Å². The van der Waals surface area contributed by atoms with E-state index in [2.05, 4.69) is 15.6 Å². The minimum atomic E-state index is -0.445. The van der Waals surface area contributed by atoms with Crippen molar-refractivity contribution in [3.05, 3.63) is 93.6 Å². The number of rotatable bonds is 5. The summed E-state index contributed by atoms with van der Waals surface area (Å²) in [5, 5.41) is 7.00. The topological polar surface area (TPSA) is 71.1 Å². The molecule has 1 heterocycles. The van der Waals surface area contributed by atoms with Gasteiger partial charge in [0, 0.05) is 27.4 Å². The maximum absolute atomic E-state index is 12.7. The number of halogens is 2. The number of carbonyl (C=O) groups is 2. The van der Waals surface area contributed by atoms with E-state index in [1.165, 1.54) is 0 Å². The lowest BCUT2D eigenvalue weighted by Crippen LogP contribution is -2.50. The van der Waals surface area contributed by atoms with Crippen LogP contribution in [0.15, 0.2) is 66.9 Å². The number of hydrogen-bond donors (Lipinski definition) is 2. The highest BCUT2D eigenvalue weighted by molar-refractivity contribution is 6.31. The molecule has 5 nitrogen and oxygen atoms in total. The van der Waals surface area contributed by atoms with E-state index in [9.17, 15) is 9.59 Å². The largest absolute Gasteiger partial charge is 0.342 e. The summed E-state index contributed by atoms with van der Waals surface area (Å²) in [6.07, 6.45) is 4.40. The van der Waals surface area contributed by atoms with E-state index >= 15 is 0 Å². The van der Waals surface area contributed by atoms with Crippen molar-refractivity contribution in [1.29, 1.82) is 0 Å². The highest BCUT2D eigenvalue weighted by atomic mass is 35.5. The molecule has 1 fully saturated rings. The molecule has 0 spiro atoms. The van der Waals surface area contributed by atoms with E-state index in [0.29, 0.717) is 27.0 Å². The lowest BCUT2D eigenvalue weighted by molar-refractivity contribution is 0.0822. The third kappa shape index (κ3) is 4.32. The fourth-order valence-corrected chi connectivity index (χ4v) is 3.79. The zero-order valence-electron chi connectivity index (χ0n) is 16.0. The van der Waals surface area contributed by atoms with Crippen LogP contribution in [0.3, 0.4) is 0 Å². The van der Waals surface area contributed by atoms with Crippen molar-refractivity contribution in [2.45, 2.75) is 24.8 Å². The lowest BCUT2D eigenvalue weighted by atomic mass is 9.72. The molecule has 2 N–H and O–H groups in total. The number of aromatic nitrogens is 1. The number of benzene rings is 2. The monoisotopic (exact) mass is 439 g/mol. The summed E-state index contributed by atoms with van der Waals surface area (Å²) >= 11 is 11.8. The Balaban J connectivity index is 1.47. The Labute approximate surface area is 184 Å². The van der Waals surface area contributed by atoms with Crippen molar-refractivity contribution in [1.82, 2.24) is 10.3 Å². The standard InChI is InChI=1S/C23H19Cl2N3O2/c24-18-8-5-15(6-9-18)22(30)28-23(11-2-12-23)17-7-10-20(26-14-17)27-21(29)16-3-1-4-19(25)13-16/h1,3-10,13-14H,2,11-12H2,(H,28,30)(H,26,27,29). The highest BCUT2D eigenvalue weighted by Gasteiger charge is 2.40. The predicted octanol–water partition coefficient (Wildman–Crippen LogP) is 5.45. The Hall–Kier alpha value is -2.89. The molecule has 0 bridgehead atoms. The van der Waals surface area contributed by atoms with Crippen LogP contribution in [-0.4, -0.2) is 16.8 Å². The summed E-state index contributed by atoms with van der Waals surface area (Å²) in [5.41, 5.74) is 1.49. The van der Waals surface area contributed by atoms with Crippen molar-refractivity contribution < 1.29 is 9.59 Å². The second kappa shape index (κ2) is 8.46. The van der Waals surface area contributed by atoms with Gasteiger partial charge in [-0.25, -0.2) is 4.98 Å². The van der Waals surface area contributed by atoms with Crippen LogP contribution in [0.25, 0.3) is 0 Å². The molecule has 4 rings (SSSR count). The van der Waals surface area contributed by atoms with E-state index in [-0.39, 0.29) is 11.8 Å². The third-order valence-electron chi connectivity index (χ3n) is 5.31. The first-order valence-electron chi connectivity index (χ1n) is 9.57. The first-order chi connectivity index (χ1) is 14.4. The van der Waals surface area contributed by atoms with Crippen LogP contribution in [0.5, 0.6) is 0 Å². The van der Waals surface area contributed by atoms with Gasteiger partial charge in [-0.15, -0.1) is 0 Å². The first-order valence-corrected chi connectivity index (χ1v) is 10.3. The van der Waals surface area contributed by atoms with Gasteiger partial charge >= 0.3 is 0 Å². The lowest BCUT2D eigenvalue weighted by Gasteiger charge is -2.43. The number of anilines is 1. The minimum Gasteiger partial charge on any atom is -0.342 e. The van der Waals surface area contributed by atoms with Gasteiger partial charge in [0.25, 0.3) is 11.8 Å². The first kappa shape index (κ1) is 20.4. The van der Waals surface area contributed by atoms with Crippen LogP contribution < -0.4 is 10.6 Å². The Kier molecular flexibility index (Phi) is 5.75. The van der Waals surface area contributed by atoms with Crippen LogP contribution in [0, 0.1) is 0 Å². The van der Waals surface area contributed by atoms with Crippen molar-refractivity contribution >= 4 is 40.8 Å². The SMILES string of the molecule is O=C(Nc1ccc(C2(NC(=O)c3ccc(Cl)cc3)CCC2)cn1)c1cccc(Cl)c1. The summed E-state index contributed by atoms with van der Waals surface area (Å²) in [5.74, 6) is -0.000854. The van der Waals surface area contributed by atoms with Crippen molar-refractivity contribution in [2.75, 3.05) is 5.32 Å². The fraction of sp³-hybridized carbons (Fsp3) is 0.174. The molecule has 1 aliphatic carbocycles. The Bertz CT molecular complexity index is 1080. The summed E-state index contributed by atoms with van der Waals surface area (Å²) < 4.78 is 0. The molecule has 0 radical (unpaired) electrons. The number of hydrogen-bond acceptors (Lipinski definition) is 3. The zero-order chi connectivity index (χ0) is 21.1. The molecular weight excluding hydrogens is 421 g/mol. The molecule has 1 aromatic heterocycles. The maximum atomic E-state index is 12.7. The second-order valence-electron chi connectivity index (χ2n) is 7.29. The summed E-state index contributed by atoms with van der Waals surface area (Å²) in [4.78, 5) is 29.4. The molecule has 152 valence electrons. The van der Waals surface area contributed by atoms with Gasteiger partial charge in [0.15, 0.2) is 0 Å². The average Bonchev–Trinajstić information content (AvgIpc) is 2.72. The smallest absolute Gasteiger partial charge is 0.256 e. The Morgan fingerprint density at radius 2 is 1.63 bits per heavy atom. The molecule has 2 amide bonds. The number of nitrogens with one attached hydrogen (secondary N) is 2. The van der Waals surface area contributed by atoms with Gasteiger partial charge in [0.1, 0.15) is 5.82 Å². The predicted molar refractivity (Wildman–Crippen MR) is 118 cm³/mol. The van der Waals surface area contributed by atoms with E-state index in [0.717, 1.165) is 24.8 Å². The van der Waals surface area contributed by atoms with E-state index in [1.54, 1.807) is 60.8 Å². The number of pyridine rings is 1. The molecule has 0 aliphatic heterocycles. The second-order valence-corrected chi connectivity index (χ2v) is 8.17. The van der Waals surface area contributed by atoms with Gasteiger partial charge in [-0.1, -0.05) is 35.3 Å². The van der Waals surface area contributed by atoms with Crippen LogP contribution in [0.2, 0.25) is 10.0 Å². The minimum absolute atomic E-state index is 0.148. The summed E-state index contributed by atoms with van der Waals surface area (Å²) in [6, 6.07) is 17.2. The molecular formula is C23H19Cl2N3O2. The van der Waals surface area contributed by atoms with E-state index in [1.807, 2.05) is 6.07 Å². The molecule has 1 saturated carbocycles. The number of amides is 2.